The van der Waals surface area contributed by atoms with Crippen LogP contribution in [0.2, 0.25) is 0 Å². The lowest BCUT2D eigenvalue weighted by Crippen LogP contribution is -2.36. The Bertz CT molecular complexity index is 392. The van der Waals surface area contributed by atoms with Gasteiger partial charge in [-0.3, -0.25) is 0 Å². The molecule has 1 aliphatic heterocycles. The predicted octanol–water partition coefficient (Wildman–Crippen LogP) is 3.61. The average Bonchev–Trinajstić information content (AvgIpc) is 2.76. The monoisotopic (exact) mass is 260 g/mol. The fourth-order valence-electron chi connectivity index (χ4n) is 2.71. The number of hydrogen-bond acceptors (Lipinski definition) is 2. The van der Waals surface area contributed by atoms with E-state index in [4.69, 9.17) is 0 Å². The van der Waals surface area contributed by atoms with Crippen LogP contribution in [0.1, 0.15) is 45.6 Å². The van der Waals surface area contributed by atoms with Gasteiger partial charge >= 0.3 is 0 Å². The summed E-state index contributed by atoms with van der Waals surface area (Å²) in [5.74, 6) is 0. The standard InChI is InChI=1S/C17H28N2/c1-17(2,3)18-12-7-4-8-13-19-14-11-15-9-5-6-10-16(15)19/h5-6,9-10,18H,4,7-8,11-14H2,1-3H3. The molecule has 19 heavy (non-hydrogen) atoms. The first-order chi connectivity index (χ1) is 9.06. The minimum Gasteiger partial charge on any atom is -0.371 e. The molecule has 0 saturated carbocycles. The highest BCUT2D eigenvalue weighted by Crippen LogP contribution is 2.27. The van der Waals surface area contributed by atoms with E-state index in [9.17, 15) is 0 Å². The number of hydrogen-bond donors (Lipinski definition) is 1. The Kier molecular flexibility index (Phi) is 4.87. The second kappa shape index (κ2) is 6.42. The molecule has 2 nitrogen and oxygen atoms in total. The van der Waals surface area contributed by atoms with Gasteiger partial charge in [-0.25, -0.2) is 0 Å². The third kappa shape index (κ3) is 4.54. The van der Waals surface area contributed by atoms with Gasteiger partial charge in [-0.15, -0.1) is 0 Å². The largest absolute Gasteiger partial charge is 0.371 e. The molecule has 1 aromatic rings. The van der Waals surface area contributed by atoms with Crippen LogP contribution in [0, 0.1) is 0 Å². The number of benzene rings is 1. The van der Waals surface area contributed by atoms with Gasteiger partial charge in [0.25, 0.3) is 0 Å². The summed E-state index contributed by atoms with van der Waals surface area (Å²) in [5.41, 5.74) is 3.25. The third-order valence-corrected chi connectivity index (χ3v) is 3.74. The van der Waals surface area contributed by atoms with Crippen LogP contribution in [-0.2, 0) is 6.42 Å². The molecule has 0 aromatic heterocycles. The molecular formula is C17H28N2. The summed E-state index contributed by atoms with van der Waals surface area (Å²) >= 11 is 0. The van der Waals surface area contributed by atoms with Crippen molar-refractivity contribution in [2.24, 2.45) is 0 Å². The van der Waals surface area contributed by atoms with E-state index >= 15 is 0 Å². The molecule has 2 heteroatoms. The van der Waals surface area contributed by atoms with E-state index < -0.39 is 0 Å². The van der Waals surface area contributed by atoms with Crippen LogP contribution in [0.3, 0.4) is 0 Å². The van der Waals surface area contributed by atoms with E-state index in [0.29, 0.717) is 0 Å². The van der Waals surface area contributed by atoms with Crippen molar-refractivity contribution in [1.82, 2.24) is 5.32 Å². The van der Waals surface area contributed by atoms with Crippen LogP contribution >= 0.6 is 0 Å². The highest BCUT2D eigenvalue weighted by Gasteiger charge is 2.17. The maximum absolute atomic E-state index is 3.55. The van der Waals surface area contributed by atoms with Crippen molar-refractivity contribution in [3.63, 3.8) is 0 Å². The average molecular weight is 260 g/mol. The van der Waals surface area contributed by atoms with Gasteiger partial charge in [0.2, 0.25) is 0 Å². The molecule has 0 bridgehead atoms. The van der Waals surface area contributed by atoms with Crippen LogP contribution in [0.5, 0.6) is 0 Å². The quantitative estimate of drug-likeness (QED) is 0.786. The first kappa shape index (κ1) is 14.4. The van der Waals surface area contributed by atoms with Gasteiger partial charge in [0.1, 0.15) is 0 Å². The molecule has 1 aromatic carbocycles. The molecule has 106 valence electrons. The lowest BCUT2D eigenvalue weighted by Gasteiger charge is -2.21. The number of rotatable bonds is 6. The van der Waals surface area contributed by atoms with Crippen molar-refractivity contribution in [3.8, 4) is 0 Å². The Morgan fingerprint density at radius 1 is 1.11 bits per heavy atom. The van der Waals surface area contributed by atoms with Gasteiger partial charge in [0, 0.05) is 24.3 Å². The van der Waals surface area contributed by atoms with Crippen molar-refractivity contribution in [3.05, 3.63) is 29.8 Å². The highest BCUT2D eigenvalue weighted by molar-refractivity contribution is 5.57. The van der Waals surface area contributed by atoms with Crippen molar-refractivity contribution in [2.45, 2.75) is 52.0 Å². The van der Waals surface area contributed by atoms with Gasteiger partial charge in [0.05, 0.1) is 0 Å². The number of nitrogens with zero attached hydrogens (tertiary/aromatic N) is 1. The molecule has 1 aliphatic rings. The summed E-state index contributed by atoms with van der Waals surface area (Å²) in [6, 6.07) is 8.84. The summed E-state index contributed by atoms with van der Waals surface area (Å²) in [7, 11) is 0. The minimum atomic E-state index is 0.258. The fourth-order valence-corrected chi connectivity index (χ4v) is 2.71. The van der Waals surface area contributed by atoms with Gasteiger partial charge in [-0.1, -0.05) is 24.6 Å². The smallest absolute Gasteiger partial charge is 0.0399 e. The van der Waals surface area contributed by atoms with E-state index in [1.807, 2.05) is 0 Å². The summed E-state index contributed by atoms with van der Waals surface area (Å²) in [5, 5.41) is 3.55. The number of fused-ring (bicyclic) bond motifs is 1. The van der Waals surface area contributed by atoms with E-state index in [-0.39, 0.29) is 5.54 Å². The molecule has 0 aliphatic carbocycles. The molecule has 0 atom stereocenters. The molecular weight excluding hydrogens is 232 g/mol. The maximum Gasteiger partial charge on any atom is 0.0399 e. The van der Waals surface area contributed by atoms with Crippen molar-refractivity contribution in [2.75, 3.05) is 24.5 Å². The van der Waals surface area contributed by atoms with Crippen molar-refractivity contribution in [1.29, 1.82) is 0 Å². The molecule has 0 spiro atoms. The summed E-state index contributed by atoms with van der Waals surface area (Å²) in [4.78, 5) is 2.55. The van der Waals surface area contributed by atoms with E-state index in [0.717, 1.165) is 6.54 Å². The zero-order valence-corrected chi connectivity index (χ0v) is 12.7. The Hall–Kier alpha value is -1.02. The van der Waals surface area contributed by atoms with Crippen molar-refractivity contribution < 1.29 is 0 Å². The van der Waals surface area contributed by atoms with E-state index in [2.05, 4.69) is 55.3 Å². The van der Waals surface area contributed by atoms with E-state index in [1.165, 1.54) is 50.0 Å². The normalized spacial score (nSPS) is 14.8. The van der Waals surface area contributed by atoms with Gasteiger partial charge < -0.3 is 10.2 Å². The Morgan fingerprint density at radius 2 is 1.89 bits per heavy atom. The second-order valence-electron chi connectivity index (χ2n) is 6.60. The summed E-state index contributed by atoms with van der Waals surface area (Å²) < 4.78 is 0. The Morgan fingerprint density at radius 3 is 2.68 bits per heavy atom. The van der Waals surface area contributed by atoms with Crippen LogP contribution in [-0.4, -0.2) is 25.2 Å². The summed E-state index contributed by atoms with van der Waals surface area (Å²) in [6.45, 7) is 10.3. The lowest BCUT2D eigenvalue weighted by molar-refractivity contribution is 0.417. The third-order valence-electron chi connectivity index (χ3n) is 3.74. The Labute approximate surface area is 118 Å². The van der Waals surface area contributed by atoms with Crippen LogP contribution < -0.4 is 10.2 Å². The predicted molar refractivity (Wildman–Crippen MR) is 84.0 cm³/mol. The number of unbranched alkanes of at least 4 members (excludes halogenated alkanes) is 2. The van der Waals surface area contributed by atoms with E-state index in [1.54, 1.807) is 0 Å². The van der Waals surface area contributed by atoms with Crippen LogP contribution in [0.15, 0.2) is 24.3 Å². The van der Waals surface area contributed by atoms with Crippen LogP contribution in [0.25, 0.3) is 0 Å². The maximum atomic E-state index is 3.55. The molecule has 1 heterocycles. The first-order valence-electron chi connectivity index (χ1n) is 7.64. The highest BCUT2D eigenvalue weighted by atomic mass is 15.1. The Balaban J connectivity index is 1.63. The fraction of sp³-hybridized carbons (Fsp3) is 0.647. The minimum absolute atomic E-state index is 0.258. The zero-order chi connectivity index (χ0) is 13.7. The SMILES string of the molecule is CC(C)(C)NCCCCCN1CCc2ccccc21. The molecule has 0 unspecified atom stereocenters. The van der Waals surface area contributed by atoms with Gasteiger partial charge in [-0.05, 0) is 58.2 Å². The van der Waals surface area contributed by atoms with Crippen LogP contribution in [0.4, 0.5) is 5.69 Å². The number of nitrogens with one attached hydrogen (secondary N) is 1. The number of para-hydroxylation sites is 1. The molecule has 0 radical (unpaired) electrons. The molecule has 0 fully saturated rings. The molecule has 0 amide bonds. The van der Waals surface area contributed by atoms with Crippen molar-refractivity contribution >= 4 is 5.69 Å². The molecule has 2 rings (SSSR count). The first-order valence-corrected chi connectivity index (χ1v) is 7.64. The molecule has 1 N–H and O–H groups in total. The summed E-state index contributed by atoms with van der Waals surface area (Å²) in [6.07, 6.45) is 5.14. The van der Waals surface area contributed by atoms with Gasteiger partial charge in [-0.2, -0.15) is 0 Å². The zero-order valence-electron chi connectivity index (χ0n) is 12.7. The number of anilines is 1. The van der Waals surface area contributed by atoms with Gasteiger partial charge in [0.15, 0.2) is 0 Å². The topological polar surface area (TPSA) is 15.3 Å². The lowest BCUT2D eigenvalue weighted by atomic mass is 10.1. The second-order valence-corrected chi connectivity index (χ2v) is 6.60. The molecule has 0 saturated heterocycles.